The molecule has 24 heavy (non-hydrogen) atoms. The summed E-state index contributed by atoms with van der Waals surface area (Å²) in [6, 6.07) is -1.26. The largest absolute Gasteiger partial charge is 0.480 e. The highest BCUT2D eigenvalue weighted by Gasteiger charge is 2.39. The van der Waals surface area contributed by atoms with Crippen molar-refractivity contribution in [1.29, 1.82) is 0 Å². The van der Waals surface area contributed by atoms with Crippen molar-refractivity contribution >= 4 is 55.6 Å². The molecule has 2 heterocycles. The number of unbranched alkanes of at least 4 members (excludes halogenated alkanes) is 1. The lowest BCUT2D eigenvalue weighted by Crippen LogP contribution is -2.45. The van der Waals surface area contributed by atoms with Crippen LogP contribution in [0.1, 0.15) is 19.3 Å². The van der Waals surface area contributed by atoms with Gasteiger partial charge in [-0.15, -0.1) is 0 Å². The zero-order chi connectivity index (χ0) is 18.0. The Labute approximate surface area is 154 Å². The van der Waals surface area contributed by atoms with Crippen LogP contribution in [0.25, 0.3) is 0 Å². The Bertz CT molecular complexity index is 660. The number of aliphatic hydroxyl groups is 1. The van der Waals surface area contributed by atoms with Crippen molar-refractivity contribution in [1.82, 2.24) is 9.80 Å². The van der Waals surface area contributed by atoms with E-state index in [4.69, 9.17) is 0 Å². The first-order valence-corrected chi connectivity index (χ1v) is 8.66. The van der Waals surface area contributed by atoms with Crippen LogP contribution in [0.15, 0.2) is 21.1 Å². The van der Waals surface area contributed by atoms with Crippen LogP contribution in [0.4, 0.5) is 0 Å². The maximum atomic E-state index is 11.9. The Morgan fingerprint density at radius 1 is 1.17 bits per heavy atom. The molecule has 8 nitrogen and oxygen atoms in total. The number of carbonyl (C=O) groups excluding carboxylic acids is 3. The summed E-state index contributed by atoms with van der Waals surface area (Å²) < 4.78 is 0.403. The predicted octanol–water partition coefficient (Wildman–Crippen LogP) is 0.697. The van der Waals surface area contributed by atoms with Gasteiger partial charge in [0, 0.05) is 23.2 Å². The molecule has 3 amide bonds. The van der Waals surface area contributed by atoms with E-state index in [0.717, 1.165) is 6.08 Å². The van der Waals surface area contributed by atoms with Gasteiger partial charge in [-0.25, -0.2) is 4.79 Å². The third-order valence-electron chi connectivity index (χ3n) is 3.72. The standard InChI is InChI=1S/C14H14Br2N2O6/c15-7-5-10(19)17(12(7)21)4-2-1-3-9(14(23)24)18-11(20)6-8(16)13(18)22/h5-6,9,12,21H,1-4H2,(H,23,24)/t9-,12?/m0/s1. The van der Waals surface area contributed by atoms with E-state index in [1.54, 1.807) is 0 Å². The topological polar surface area (TPSA) is 115 Å². The maximum absolute atomic E-state index is 11.9. The van der Waals surface area contributed by atoms with Gasteiger partial charge in [-0.3, -0.25) is 19.3 Å². The van der Waals surface area contributed by atoms with Crippen LogP contribution in [0.3, 0.4) is 0 Å². The molecule has 0 aliphatic carbocycles. The van der Waals surface area contributed by atoms with E-state index >= 15 is 0 Å². The van der Waals surface area contributed by atoms with E-state index in [1.165, 1.54) is 11.0 Å². The van der Waals surface area contributed by atoms with Crippen molar-refractivity contribution in [3.63, 3.8) is 0 Å². The molecule has 0 radical (unpaired) electrons. The third-order valence-corrected chi connectivity index (χ3v) is 4.93. The smallest absolute Gasteiger partial charge is 0.326 e. The van der Waals surface area contributed by atoms with Crippen molar-refractivity contribution in [2.45, 2.75) is 31.5 Å². The van der Waals surface area contributed by atoms with Crippen LogP contribution in [0.2, 0.25) is 0 Å². The molecule has 2 aliphatic rings. The molecule has 2 rings (SSSR count). The minimum absolute atomic E-state index is 0.0282. The van der Waals surface area contributed by atoms with Crippen LogP contribution in [-0.4, -0.2) is 62.5 Å². The highest BCUT2D eigenvalue weighted by atomic mass is 79.9. The summed E-state index contributed by atoms with van der Waals surface area (Å²) >= 11 is 6.00. The number of carboxylic acids is 1. The first-order valence-electron chi connectivity index (χ1n) is 7.07. The minimum atomic E-state index is -1.27. The maximum Gasteiger partial charge on any atom is 0.326 e. The highest BCUT2D eigenvalue weighted by Crippen LogP contribution is 2.25. The number of imide groups is 1. The second-order valence-corrected chi connectivity index (χ2v) is 7.06. The number of hydrogen-bond donors (Lipinski definition) is 2. The number of hydrogen-bond acceptors (Lipinski definition) is 5. The van der Waals surface area contributed by atoms with Crippen LogP contribution in [0, 0.1) is 0 Å². The quantitative estimate of drug-likeness (QED) is 0.422. The van der Waals surface area contributed by atoms with Crippen LogP contribution >= 0.6 is 31.9 Å². The number of amides is 3. The lowest BCUT2D eigenvalue weighted by molar-refractivity contribution is -0.153. The van der Waals surface area contributed by atoms with Crippen LogP contribution in [-0.2, 0) is 19.2 Å². The second kappa shape index (κ2) is 7.58. The second-order valence-electron chi connectivity index (χ2n) is 5.29. The number of aliphatic carboxylic acids is 1. The summed E-state index contributed by atoms with van der Waals surface area (Å²) in [6.45, 7) is 0.238. The number of rotatable bonds is 7. The molecule has 2 atom stereocenters. The Morgan fingerprint density at radius 3 is 2.29 bits per heavy atom. The molecule has 0 bridgehead atoms. The molecule has 10 heteroatoms. The summed E-state index contributed by atoms with van der Waals surface area (Å²) in [5, 5.41) is 19.1. The molecule has 130 valence electrons. The fraction of sp³-hybridized carbons (Fsp3) is 0.429. The van der Waals surface area contributed by atoms with Gasteiger partial charge in [0.05, 0.1) is 4.48 Å². The normalized spacial score (nSPS) is 22.1. The summed E-state index contributed by atoms with van der Waals surface area (Å²) in [5.41, 5.74) is 0. The lowest BCUT2D eigenvalue weighted by atomic mass is 10.1. The predicted molar refractivity (Wildman–Crippen MR) is 88.9 cm³/mol. The Morgan fingerprint density at radius 2 is 1.83 bits per heavy atom. The zero-order valence-electron chi connectivity index (χ0n) is 12.3. The number of carboxylic acid groups (broad SMARTS) is 1. The van der Waals surface area contributed by atoms with E-state index in [0.29, 0.717) is 22.2 Å². The van der Waals surface area contributed by atoms with Gasteiger partial charge < -0.3 is 15.1 Å². The molecule has 2 N–H and O–H groups in total. The van der Waals surface area contributed by atoms with Crippen molar-refractivity contribution in [3.05, 3.63) is 21.1 Å². The third kappa shape index (κ3) is 3.76. The van der Waals surface area contributed by atoms with Gasteiger partial charge in [-0.2, -0.15) is 0 Å². The van der Waals surface area contributed by atoms with E-state index in [2.05, 4.69) is 31.9 Å². The molecule has 1 unspecified atom stereocenters. The Balaban J connectivity index is 1.88. The number of carbonyl (C=O) groups is 4. The van der Waals surface area contributed by atoms with Crippen molar-refractivity contribution in [3.8, 4) is 0 Å². The molecule has 0 saturated carbocycles. The van der Waals surface area contributed by atoms with E-state index in [-0.39, 0.29) is 23.4 Å². The van der Waals surface area contributed by atoms with Gasteiger partial charge in [0.15, 0.2) is 6.23 Å². The van der Waals surface area contributed by atoms with Crippen LogP contribution < -0.4 is 0 Å². The molecule has 0 spiro atoms. The first kappa shape index (κ1) is 18.8. The molecule has 0 aromatic carbocycles. The molecule has 0 saturated heterocycles. The molecular weight excluding hydrogens is 452 g/mol. The Kier molecular flexibility index (Phi) is 5.94. The average molecular weight is 466 g/mol. The fourth-order valence-electron chi connectivity index (χ4n) is 2.51. The first-order chi connectivity index (χ1) is 11.2. The highest BCUT2D eigenvalue weighted by molar-refractivity contribution is 9.12. The van der Waals surface area contributed by atoms with Crippen molar-refractivity contribution < 1.29 is 29.4 Å². The fourth-order valence-corrected chi connectivity index (χ4v) is 3.34. The van der Waals surface area contributed by atoms with Crippen molar-refractivity contribution in [2.75, 3.05) is 6.54 Å². The molecule has 0 aromatic rings. The summed E-state index contributed by atoms with van der Waals surface area (Å²) in [4.78, 5) is 48.5. The SMILES string of the molecule is O=C(O)[C@H](CCCCN1C(=O)C=C(Br)C1O)N1C(=O)C=C(Br)C1=O. The minimum Gasteiger partial charge on any atom is -0.480 e. The van der Waals surface area contributed by atoms with Gasteiger partial charge in [-0.1, -0.05) is 15.9 Å². The van der Waals surface area contributed by atoms with Gasteiger partial charge in [0.1, 0.15) is 6.04 Å². The zero-order valence-corrected chi connectivity index (χ0v) is 15.5. The summed E-state index contributed by atoms with van der Waals surface area (Å²) in [5.74, 6) is -2.94. The van der Waals surface area contributed by atoms with Crippen LogP contribution in [0.5, 0.6) is 0 Å². The van der Waals surface area contributed by atoms with Gasteiger partial charge in [-0.05, 0) is 35.2 Å². The average Bonchev–Trinajstić information content (AvgIpc) is 2.88. The Hall–Kier alpha value is -1.52. The number of halogens is 2. The molecule has 0 aromatic heterocycles. The van der Waals surface area contributed by atoms with Gasteiger partial charge >= 0.3 is 5.97 Å². The number of aliphatic hydroxyl groups excluding tert-OH is 1. The van der Waals surface area contributed by atoms with Gasteiger partial charge in [0.25, 0.3) is 11.8 Å². The van der Waals surface area contributed by atoms with Gasteiger partial charge in [0.2, 0.25) is 5.91 Å². The van der Waals surface area contributed by atoms with E-state index < -0.39 is 30.1 Å². The van der Waals surface area contributed by atoms with Crippen molar-refractivity contribution in [2.24, 2.45) is 0 Å². The monoisotopic (exact) mass is 464 g/mol. The molecule has 0 fully saturated rings. The molecular formula is C14H14Br2N2O6. The summed E-state index contributed by atoms with van der Waals surface area (Å²) in [6.07, 6.45) is 2.13. The van der Waals surface area contributed by atoms with E-state index in [9.17, 15) is 29.4 Å². The lowest BCUT2D eigenvalue weighted by Gasteiger charge is -2.24. The summed E-state index contributed by atoms with van der Waals surface area (Å²) in [7, 11) is 0. The van der Waals surface area contributed by atoms with E-state index in [1.807, 2.05) is 0 Å². The number of nitrogens with zero attached hydrogens (tertiary/aromatic N) is 2. The molecule has 2 aliphatic heterocycles.